The first-order valence-electron chi connectivity index (χ1n) is 6.83. The molecule has 7 heteroatoms. The van der Waals surface area contributed by atoms with E-state index in [9.17, 15) is 12.8 Å². The van der Waals surface area contributed by atoms with Crippen LogP contribution in [0.15, 0.2) is 23.1 Å². The third-order valence-corrected chi connectivity index (χ3v) is 5.53. The summed E-state index contributed by atoms with van der Waals surface area (Å²) in [6.07, 6.45) is 1.79. The van der Waals surface area contributed by atoms with Crippen LogP contribution >= 0.6 is 0 Å². The first-order chi connectivity index (χ1) is 9.98. The van der Waals surface area contributed by atoms with Crippen LogP contribution in [-0.2, 0) is 10.0 Å². The van der Waals surface area contributed by atoms with Crippen molar-refractivity contribution in [3.8, 4) is 6.07 Å². The molecule has 0 bridgehead atoms. The van der Waals surface area contributed by atoms with Crippen molar-refractivity contribution in [3.63, 3.8) is 0 Å². The minimum atomic E-state index is -3.67. The molecule has 1 saturated heterocycles. The topological polar surface area (TPSA) is 73.2 Å². The standard InChI is InChI=1S/C14H18FN3O2S/c1-17-9-11-3-2-6-18(10-11)21(19,20)13-4-5-14(15)12(7-13)8-16/h4-5,7,11,17H,2-3,6,9-10H2,1H3. The zero-order valence-corrected chi connectivity index (χ0v) is 12.7. The fraction of sp³-hybridized carbons (Fsp3) is 0.500. The van der Waals surface area contributed by atoms with E-state index in [1.54, 1.807) is 6.07 Å². The normalized spacial score (nSPS) is 20.1. The van der Waals surface area contributed by atoms with Crippen molar-refractivity contribution in [2.45, 2.75) is 17.7 Å². The second-order valence-electron chi connectivity index (χ2n) is 5.18. The molecule has 1 aliphatic rings. The van der Waals surface area contributed by atoms with Crippen molar-refractivity contribution < 1.29 is 12.8 Å². The molecule has 1 aliphatic heterocycles. The van der Waals surface area contributed by atoms with Gasteiger partial charge in [0.05, 0.1) is 10.5 Å². The Balaban J connectivity index is 2.27. The van der Waals surface area contributed by atoms with Gasteiger partial charge in [-0.2, -0.15) is 9.57 Å². The van der Waals surface area contributed by atoms with Gasteiger partial charge in [-0.25, -0.2) is 12.8 Å². The van der Waals surface area contributed by atoms with Gasteiger partial charge in [0.15, 0.2) is 0 Å². The van der Waals surface area contributed by atoms with Gasteiger partial charge in [-0.1, -0.05) is 0 Å². The molecule has 1 unspecified atom stereocenters. The summed E-state index contributed by atoms with van der Waals surface area (Å²) in [5, 5.41) is 11.9. The number of nitrogens with one attached hydrogen (secondary N) is 1. The molecular weight excluding hydrogens is 293 g/mol. The molecular formula is C14H18FN3O2S. The maximum Gasteiger partial charge on any atom is 0.243 e. The molecule has 5 nitrogen and oxygen atoms in total. The van der Waals surface area contributed by atoms with Gasteiger partial charge < -0.3 is 5.32 Å². The number of sulfonamides is 1. The Kier molecular flexibility index (Phi) is 4.93. The van der Waals surface area contributed by atoms with Crippen LogP contribution in [0.4, 0.5) is 4.39 Å². The molecule has 114 valence electrons. The first kappa shape index (κ1) is 15.9. The third kappa shape index (κ3) is 3.40. The Bertz CT molecular complexity index is 653. The van der Waals surface area contributed by atoms with Crippen molar-refractivity contribution in [2.75, 3.05) is 26.7 Å². The lowest BCUT2D eigenvalue weighted by atomic mass is 10.00. The third-order valence-electron chi connectivity index (χ3n) is 3.67. The van der Waals surface area contributed by atoms with E-state index in [0.717, 1.165) is 31.5 Å². The SMILES string of the molecule is CNCC1CCCN(S(=O)(=O)c2ccc(F)c(C#N)c2)C1. The summed E-state index contributed by atoms with van der Waals surface area (Å²) in [5.74, 6) is -0.433. The number of rotatable bonds is 4. The second-order valence-corrected chi connectivity index (χ2v) is 7.12. The first-order valence-corrected chi connectivity index (χ1v) is 8.27. The molecule has 0 spiro atoms. The Morgan fingerprint density at radius 1 is 1.52 bits per heavy atom. The molecule has 1 aromatic carbocycles. The molecule has 0 radical (unpaired) electrons. The van der Waals surface area contributed by atoms with Gasteiger partial charge in [0, 0.05) is 13.1 Å². The lowest BCUT2D eigenvalue weighted by Crippen LogP contribution is -2.42. The minimum Gasteiger partial charge on any atom is -0.319 e. The number of hydrogen-bond donors (Lipinski definition) is 1. The van der Waals surface area contributed by atoms with Crippen LogP contribution in [0.1, 0.15) is 18.4 Å². The lowest BCUT2D eigenvalue weighted by molar-refractivity contribution is 0.263. The van der Waals surface area contributed by atoms with Crippen LogP contribution in [0.3, 0.4) is 0 Å². The highest BCUT2D eigenvalue weighted by Crippen LogP contribution is 2.24. The number of nitriles is 1. The second kappa shape index (κ2) is 6.52. The quantitative estimate of drug-likeness (QED) is 0.910. The largest absolute Gasteiger partial charge is 0.319 e. The smallest absolute Gasteiger partial charge is 0.243 e. The van der Waals surface area contributed by atoms with Crippen molar-refractivity contribution in [1.82, 2.24) is 9.62 Å². The Hall–Kier alpha value is -1.49. The summed E-state index contributed by atoms with van der Waals surface area (Å²) in [6, 6.07) is 5.02. The van der Waals surface area contributed by atoms with Crippen LogP contribution in [0.2, 0.25) is 0 Å². The Morgan fingerprint density at radius 2 is 2.29 bits per heavy atom. The fourth-order valence-electron chi connectivity index (χ4n) is 2.60. The Labute approximate surface area is 124 Å². The van der Waals surface area contributed by atoms with Crippen LogP contribution in [0.25, 0.3) is 0 Å². The average Bonchev–Trinajstić information content (AvgIpc) is 2.48. The maximum absolute atomic E-state index is 13.3. The predicted octanol–water partition coefficient (Wildman–Crippen LogP) is 1.32. The van der Waals surface area contributed by atoms with E-state index in [2.05, 4.69) is 5.32 Å². The summed E-state index contributed by atoms with van der Waals surface area (Å²) in [4.78, 5) is -0.0226. The van der Waals surface area contributed by atoms with Crippen molar-refractivity contribution in [2.24, 2.45) is 5.92 Å². The summed E-state index contributed by atoms with van der Waals surface area (Å²) in [6.45, 7) is 1.67. The maximum atomic E-state index is 13.3. The lowest BCUT2D eigenvalue weighted by Gasteiger charge is -2.31. The van der Waals surface area contributed by atoms with Gasteiger partial charge in [0.2, 0.25) is 10.0 Å². The number of hydrogen-bond acceptors (Lipinski definition) is 4. The van der Waals surface area contributed by atoms with Crippen LogP contribution in [0, 0.1) is 23.1 Å². The van der Waals surface area contributed by atoms with Crippen LogP contribution in [0.5, 0.6) is 0 Å². The molecule has 1 N–H and O–H groups in total. The van der Waals surface area contributed by atoms with Gasteiger partial charge >= 0.3 is 0 Å². The molecule has 2 rings (SSSR count). The van der Waals surface area contributed by atoms with Gasteiger partial charge in [-0.3, -0.25) is 0 Å². The van der Waals surface area contributed by atoms with E-state index in [1.807, 2.05) is 7.05 Å². The van der Waals surface area contributed by atoms with E-state index in [-0.39, 0.29) is 16.4 Å². The minimum absolute atomic E-state index is 0.0226. The van der Waals surface area contributed by atoms with E-state index >= 15 is 0 Å². The van der Waals surface area contributed by atoms with E-state index in [1.165, 1.54) is 10.4 Å². The van der Waals surface area contributed by atoms with Gasteiger partial charge in [-0.15, -0.1) is 0 Å². The molecule has 0 aromatic heterocycles. The van der Waals surface area contributed by atoms with E-state index in [0.29, 0.717) is 13.1 Å². The number of nitrogens with zero attached hydrogens (tertiary/aromatic N) is 2. The zero-order valence-electron chi connectivity index (χ0n) is 11.8. The fourth-order valence-corrected chi connectivity index (χ4v) is 4.18. The van der Waals surface area contributed by atoms with Gasteiger partial charge in [0.25, 0.3) is 0 Å². The highest BCUT2D eigenvalue weighted by molar-refractivity contribution is 7.89. The van der Waals surface area contributed by atoms with Gasteiger partial charge in [0.1, 0.15) is 11.9 Å². The highest BCUT2D eigenvalue weighted by atomic mass is 32.2. The summed E-state index contributed by atoms with van der Waals surface area (Å²) >= 11 is 0. The summed E-state index contributed by atoms with van der Waals surface area (Å²) in [7, 11) is -1.83. The van der Waals surface area contributed by atoms with Crippen LogP contribution in [-0.4, -0.2) is 39.4 Å². The number of benzene rings is 1. The van der Waals surface area contributed by atoms with E-state index < -0.39 is 15.8 Å². The van der Waals surface area contributed by atoms with Gasteiger partial charge in [-0.05, 0) is 50.6 Å². The Morgan fingerprint density at radius 3 is 2.95 bits per heavy atom. The van der Waals surface area contributed by atoms with Crippen molar-refractivity contribution in [3.05, 3.63) is 29.6 Å². The summed E-state index contributed by atoms with van der Waals surface area (Å²) in [5.41, 5.74) is -0.250. The number of halogens is 1. The monoisotopic (exact) mass is 311 g/mol. The summed E-state index contributed by atoms with van der Waals surface area (Å²) < 4.78 is 39.9. The molecule has 0 aliphatic carbocycles. The molecule has 1 atom stereocenters. The average molecular weight is 311 g/mol. The highest BCUT2D eigenvalue weighted by Gasteiger charge is 2.30. The molecule has 1 fully saturated rings. The van der Waals surface area contributed by atoms with E-state index in [4.69, 9.17) is 5.26 Å². The zero-order chi connectivity index (χ0) is 15.5. The molecule has 21 heavy (non-hydrogen) atoms. The molecule has 0 saturated carbocycles. The molecule has 1 heterocycles. The van der Waals surface area contributed by atoms with Crippen molar-refractivity contribution in [1.29, 1.82) is 5.26 Å². The van der Waals surface area contributed by atoms with Crippen LogP contribution < -0.4 is 5.32 Å². The predicted molar refractivity (Wildman–Crippen MR) is 76.5 cm³/mol. The molecule has 0 amide bonds. The number of piperidine rings is 1. The molecule has 1 aromatic rings. The van der Waals surface area contributed by atoms with Crippen molar-refractivity contribution >= 4 is 10.0 Å².